The van der Waals surface area contributed by atoms with Crippen LogP contribution in [0.25, 0.3) is 0 Å². The van der Waals surface area contributed by atoms with E-state index in [4.69, 9.17) is 0 Å². The molecule has 0 N–H and O–H groups in total. The van der Waals surface area contributed by atoms with Crippen molar-refractivity contribution in [1.82, 2.24) is 4.90 Å². The maximum atomic E-state index is 11.7. The Hall–Kier alpha value is -0.370. The van der Waals surface area contributed by atoms with E-state index in [9.17, 15) is 4.79 Å². The highest BCUT2D eigenvalue weighted by Crippen LogP contribution is 2.35. The molecule has 1 aliphatic heterocycles. The molecule has 2 rings (SSSR count). The second kappa shape index (κ2) is 5.81. The lowest BCUT2D eigenvalue weighted by Crippen LogP contribution is -2.48. The second-order valence-corrected chi connectivity index (χ2v) is 5.51. The van der Waals surface area contributed by atoms with E-state index in [0.717, 1.165) is 37.9 Å². The molecule has 0 aromatic rings. The van der Waals surface area contributed by atoms with Gasteiger partial charge in [0.1, 0.15) is 5.78 Å². The van der Waals surface area contributed by atoms with Gasteiger partial charge in [0.05, 0.1) is 6.54 Å². The first-order chi connectivity index (χ1) is 7.81. The molecule has 0 radical (unpaired) electrons. The van der Waals surface area contributed by atoms with Crippen molar-refractivity contribution in [2.75, 3.05) is 13.1 Å². The lowest BCUT2D eigenvalue weighted by molar-refractivity contribution is -0.121. The molecule has 2 nitrogen and oxygen atoms in total. The van der Waals surface area contributed by atoms with Crippen molar-refractivity contribution < 1.29 is 4.79 Å². The molecule has 1 saturated heterocycles. The zero-order valence-electron chi connectivity index (χ0n) is 10.6. The van der Waals surface area contributed by atoms with E-state index in [-0.39, 0.29) is 0 Å². The van der Waals surface area contributed by atoms with Crippen molar-refractivity contribution in [3.63, 3.8) is 0 Å². The van der Waals surface area contributed by atoms with Crippen molar-refractivity contribution in [1.29, 1.82) is 0 Å². The van der Waals surface area contributed by atoms with E-state index in [0.29, 0.717) is 5.78 Å². The normalized spacial score (nSPS) is 31.1. The Balaban J connectivity index is 1.89. The lowest BCUT2D eigenvalue weighted by Gasteiger charge is -2.43. The minimum absolute atomic E-state index is 0.453. The van der Waals surface area contributed by atoms with E-state index in [1.807, 2.05) is 0 Å². The number of piperidine rings is 1. The molecule has 16 heavy (non-hydrogen) atoms. The van der Waals surface area contributed by atoms with Gasteiger partial charge in [-0.2, -0.15) is 0 Å². The summed E-state index contributed by atoms with van der Waals surface area (Å²) in [6.07, 6.45) is 10.0. The number of ketones is 1. The molecule has 1 saturated carbocycles. The number of fused-ring (bicyclic) bond motifs is 1. The van der Waals surface area contributed by atoms with Crippen LogP contribution < -0.4 is 0 Å². The highest BCUT2D eigenvalue weighted by Gasteiger charge is 2.33. The van der Waals surface area contributed by atoms with E-state index in [1.54, 1.807) is 0 Å². The van der Waals surface area contributed by atoms with Gasteiger partial charge < -0.3 is 0 Å². The first-order valence-electron chi connectivity index (χ1n) is 7.07. The first kappa shape index (κ1) is 12.1. The summed E-state index contributed by atoms with van der Waals surface area (Å²) in [6, 6.07) is 0.739. The number of hydrogen-bond donors (Lipinski definition) is 0. The average molecular weight is 223 g/mol. The van der Waals surface area contributed by atoms with Gasteiger partial charge >= 0.3 is 0 Å². The topological polar surface area (TPSA) is 20.3 Å². The fraction of sp³-hybridized carbons (Fsp3) is 0.929. The van der Waals surface area contributed by atoms with Gasteiger partial charge in [0.2, 0.25) is 0 Å². The van der Waals surface area contributed by atoms with Gasteiger partial charge in [-0.25, -0.2) is 0 Å². The van der Waals surface area contributed by atoms with Crippen LogP contribution in [-0.2, 0) is 4.79 Å². The average Bonchev–Trinajstić information content (AvgIpc) is 2.30. The van der Waals surface area contributed by atoms with Gasteiger partial charge in [0.25, 0.3) is 0 Å². The fourth-order valence-corrected chi connectivity index (χ4v) is 3.51. The number of Topliss-reactive ketones (excluding diaryl/α,β-unsaturated/α-hetero) is 1. The molecule has 0 amide bonds. The van der Waals surface area contributed by atoms with Crippen molar-refractivity contribution in [2.24, 2.45) is 5.92 Å². The van der Waals surface area contributed by atoms with Crippen LogP contribution in [0, 0.1) is 5.92 Å². The molecule has 2 aliphatic rings. The van der Waals surface area contributed by atoms with Gasteiger partial charge in [-0.1, -0.05) is 19.8 Å². The van der Waals surface area contributed by atoms with Gasteiger partial charge in [-0.15, -0.1) is 0 Å². The molecule has 2 unspecified atom stereocenters. The van der Waals surface area contributed by atoms with Gasteiger partial charge in [0.15, 0.2) is 0 Å². The summed E-state index contributed by atoms with van der Waals surface area (Å²) < 4.78 is 0. The van der Waals surface area contributed by atoms with Gasteiger partial charge in [0, 0.05) is 12.5 Å². The Labute approximate surface area is 99.4 Å². The smallest absolute Gasteiger partial charge is 0.146 e. The monoisotopic (exact) mass is 223 g/mol. The van der Waals surface area contributed by atoms with Crippen molar-refractivity contribution >= 4 is 5.78 Å². The zero-order chi connectivity index (χ0) is 11.4. The summed E-state index contributed by atoms with van der Waals surface area (Å²) >= 11 is 0. The zero-order valence-corrected chi connectivity index (χ0v) is 10.6. The third kappa shape index (κ3) is 2.85. The van der Waals surface area contributed by atoms with Crippen LogP contribution in [0.1, 0.15) is 58.3 Å². The summed E-state index contributed by atoms with van der Waals surface area (Å²) in [5.41, 5.74) is 0. The summed E-state index contributed by atoms with van der Waals surface area (Å²) in [5, 5.41) is 0. The molecule has 1 aliphatic carbocycles. The summed E-state index contributed by atoms with van der Waals surface area (Å²) in [4.78, 5) is 14.2. The molecule has 2 heteroatoms. The molecular weight excluding hydrogens is 198 g/mol. The Bertz CT molecular complexity index is 237. The minimum Gasteiger partial charge on any atom is -0.298 e. The summed E-state index contributed by atoms with van der Waals surface area (Å²) in [5.74, 6) is 1.35. The van der Waals surface area contributed by atoms with E-state index < -0.39 is 0 Å². The van der Waals surface area contributed by atoms with E-state index >= 15 is 0 Å². The Morgan fingerprint density at radius 3 is 2.75 bits per heavy atom. The summed E-state index contributed by atoms with van der Waals surface area (Å²) in [6.45, 7) is 3.99. The highest BCUT2D eigenvalue weighted by atomic mass is 16.1. The van der Waals surface area contributed by atoms with Crippen LogP contribution in [0.5, 0.6) is 0 Å². The number of carbonyl (C=O) groups excluding carboxylic acids is 1. The number of likely N-dealkylation sites (tertiary alicyclic amines) is 1. The molecule has 0 aromatic heterocycles. The molecule has 1 heterocycles. The summed E-state index contributed by atoms with van der Waals surface area (Å²) in [7, 11) is 0. The van der Waals surface area contributed by atoms with E-state index in [2.05, 4.69) is 11.8 Å². The third-order valence-corrected chi connectivity index (χ3v) is 4.27. The van der Waals surface area contributed by atoms with Crippen LogP contribution in [0.2, 0.25) is 0 Å². The molecule has 2 atom stereocenters. The van der Waals surface area contributed by atoms with Crippen molar-refractivity contribution in [3.8, 4) is 0 Å². The van der Waals surface area contributed by atoms with Gasteiger partial charge in [-0.05, 0) is 44.6 Å². The van der Waals surface area contributed by atoms with Crippen LogP contribution in [0.3, 0.4) is 0 Å². The van der Waals surface area contributed by atoms with Crippen LogP contribution >= 0.6 is 0 Å². The van der Waals surface area contributed by atoms with Crippen molar-refractivity contribution in [2.45, 2.75) is 64.3 Å². The van der Waals surface area contributed by atoms with Crippen LogP contribution in [0.15, 0.2) is 0 Å². The third-order valence-electron chi connectivity index (χ3n) is 4.27. The number of rotatable bonds is 4. The Morgan fingerprint density at radius 2 is 1.94 bits per heavy atom. The van der Waals surface area contributed by atoms with Crippen LogP contribution in [0.4, 0.5) is 0 Å². The quantitative estimate of drug-likeness (QED) is 0.730. The SMILES string of the molecule is CCCC(=O)CN1CCCC2CCCCC21. The molecule has 2 fully saturated rings. The van der Waals surface area contributed by atoms with Crippen molar-refractivity contribution in [3.05, 3.63) is 0 Å². The van der Waals surface area contributed by atoms with E-state index in [1.165, 1.54) is 38.5 Å². The number of carbonyl (C=O) groups is 1. The second-order valence-electron chi connectivity index (χ2n) is 5.51. The standard InChI is InChI=1S/C14H25NO/c1-2-6-13(16)11-15-10-5-8-12-7-3-4-9-14(12)15/h12,14H,2-11H2,1H3. The fourth-order valence-electron chi connectivity index (χ4n) is 3.51. The first-order valence-corrected chi connectivity index (χ1v) is 7.07. The molecule has 0 bridgehead atoms. The Kier molecular flexibility index (Phi) is 4.39. The molecule has 92 valence electrons. The molecular formula is C14H25NO. The lowest BCUT2D eigenvalue weighted by atomic mass is 9.78. The maximum Gasteiger partial charge on any atom is 0.146 e. The van der Waals surface area contributed by atoms with Crippen LogP contribution in [-0.4, -0.2) is 29.8 Å². The molecule has 0 spiro atoms. The number of nitrogens with zero attached hydrogens (tertiary/aromatic N) is 1. The predicted molar refractivity (Wildman–Crippen MR) is 66.5 cm³/mol. The Morgan fingerprint density at radius 1 is 1.19 bits per heavy atom. The maximum absolute atomic E-state index is 11.7. The number of hydrogen-bond acceptors (Lipinski definition) is 2. The molecule has 0 aromatic carbocycles. The highest BCUT2D eigenvalue weighted by molar-refractivity contribution is 5.80. The largest absolute Gasteiger partial charge is 0.298 e. The van der Waals surface area contributed by atoms with Gasteiger partial charge in [-0.3, -0.25) is 9.69 Å². The minimum atomic E-state index is 0.453. The predicted octanol–water partition coefficient (Wildman–Crippen LogP) is 3.01.